The predicted molar refractivity (Wildman–Crippen MR) is 95.8 cm³/mol. The van der Waals surface area contributed by atoms with Gasteiger partial charge in [0.1, 0.15) is 23.4 Å². The van der Waals surface area contributed by atoms with Crippen molar-refractivity contribution in [3.05, 3.63) is 53.5 Å². The summed E-state index contributed by atoms with van der Waals surface area (Å²) in [4.78, 5) is 18.2. The van der Waals surface area contributed by atoms with Gasteiger partial charge in [0.05, 0.1) is 11.7 Å². The van der Waals surface area contributed by atoms with Crippen LogP contribution in [0.5, 0.6) is 0 Å². The number of hydrogen-bond donors (Lipinski definition) is 1. The molecule has 0 unspecified atom stereocenters. The standard InChI is InChI=1S/C19H16F7N3O2/c1-28(12-4-2-11(20)3-5-12)17(31)16-13(30)6-7-29(16)15-9-10(18(21,22)23)8-14(27-15)19(24,25)26/h2-5,8-9,13,16,30H,6-7H2,1H3/t13-,16+/m1/s1. The van der Waals surface area contributed by atoms with Crippen molar-refractivity contribution in [1.82, 2.24) is 4.98 Å². The number of aliphatic hydroxyl groups excluding tert-OH is 1. The number of halogens is 7. The van der Waals surface area contributed by atoms with Crippen LogP contribution in [0.2, 0.25) is 0 Å². The van der Waals surface area contributed by atoms with E-state index in [1.807, 2.05) is 0 Å². The summed E-state index contributed by atoms with van der Waals surface area (Å²) in [6.07, 6.45) is -11.7. The van der Waals surface area contributed by atoms with Crippen LogP contribution in [0.4, 0.5) is 42.2 Å². The molecule has 12 heteroatoms. The topological polar surface area (TPSA) is 56.7 Å². The molecule has 0 radical (unpaired) electrons. The SMILES string of the molecule is CN(C(=O)[C@@H]1[C@H](O)CCN1c1cc(C(F)(F)F)cc(C(F)(F)F)n1)c1ccc(F)cc1. The molecule has 31 heavy (non-hydrogen) atoms. The monoisotopic (exact) mass is 451 g/mol. The highest BCUT2D eigenvalue weighted by Crippen LogP contribution is 2.38. The number of likely N-dealkylation sites (N-methyl/N-ethyl adjacent to an activating group) is 1. The molecule has 0 bridgehead atoms. The molecular weight excluding hydrogens is 435 g/mol. The quantitative estimate of drug-likeness (QED) is 0.721. The number of carbonyl (C=O) groups excluding carboxylic acids is 1. The Morgan fingerprint density at radius 3 is 2.26 bits per heavy atom. The van der Waals surface area contributed by atoms with Crippen LogP contribution in [-0.4, -0.2) is 41.7 Å². The van der Waals surface area contributed by atoms with Crippen molar-refractivity contribution in [2.45, 2.75) is 30.9 Å². The first kappa shape index (κ1) is 22.8. The van der Waals surface area contributed by atoms with Crippen molar-refractivity contribution in [2.75, 3.05) is 23.4 Å². The third-order valence-electron chi connectivity index (χ3n) is 4.89. The zero-order valence-corrected chi connectivity index (χ0v) is 15.9. The first-order valence-corrected chi connectivity index (χ1v) is 8.93. The first-order chi connectivity index (χ1) is 14.3. The van der Waals surface area contributed by atoms with Gasteiger partial charge in [0.25, 0.3) is 5.91 Å². The molecule has 2 aromatic rings. The summed E-state index contributed by atoms with van der Waals surface area (Å²) in [5.41, 5.74) is -3.13. The number of anilines is 2. The molecular formula is C19H16F7N3O2. The third-order valence-corrected chi connectivity index (χ3v) is 4.89. The number of hydrogen-bond acceptors (Lipinski definition) is 4. The van der Waals surface area contributed by atoms with Crippen molar-refractivity contribution in [3.63, 3.8) is 0 Å². The molecule has 3 rings (SSSR count). The minimum absolute atomic E-state index is 0.0764. The summed E-state index contributed by atoms with van der Waals surface area (Å²) in [5, 5.41) is 10.3. The predicted octanol–water partition coefficient (Wildman–Crippen LogP) is 3.86. The molecule has 0 aliphatic carbocycles. The highest BCUT2D eigenvalue weighted by Gasteiger charge is 2.44. The Kier molecular flexibility index (Phi) is 5.87. The van der Waals surface area contributed by atoms with Crippen LogP contribution < -0.4 is 9.80 Å². The molecule has 5 nitrogen and oxygen atoms in total. The van der Waals surface area contributed by atoms with Crippen molar-refractivity contribution in [2.24, 2.45) is 0 Å². The van der Waals surface area contributed by atoms with E-state index in [-0.39, 0.29) is 24.7 Å². The van der Waals surface area contributed by atoms with Gasteiger partial charge in [-0.15, -0.1) is 0 Å². The molecule has 1 saturated heterocycles. The van der Waals surface area contributed by atoms with E-state index in [0.717, 1.165) is 21.9 Å². The Hall–Kier alpha value is -2.89. The van der Waals surface area contributed by atoms with E-state index in [4.69, 9.17) is 0 Å². The van der Waals surface area contributed by atoms with Crippen LogP contribution in [0.1, 0.15) is 17.7 Å². The largest absolute Gasteiger partial charge is 0.433 e. The lowest BCUT2D eigenvalue weighted by Crippen LogP contribution is -2.49. The van der Waals surface area contributed by atoms with Crippen LogP contribution in [-0.2, 0) is 17.1 Å². The van der Waals surface area contributed by atoms with Crippen LogP contribution in [0, 0.1) is 5.82 Å². The fourth-order valence-corrected chi connectivity index (χ4v) is 3.29. The van der Waals surface area contributed by atoms with Crippen molar-refractivity contribution < 1.29 is 40.6 Å². The Balaban J connectivity index is 2.01. The van der Waals surface area contributed by atoms with Crippen molar-refractivity contribution >= 4 is 17.4 Å². The van der Waals surface area contributed by atoms with E-state index in [2.05, 4.69) is 4.98 Å². The minimum atomic E-state index is -5.15. The number of alkyl halides is 6. The molecule has 168 valence electrons. The zero-order valence-electron chi connectivity index (χ0n) is 15.9. The van der Waals surface area contributed by atoms with E-state index in [0.29, 0.717) is 6.07 Å². The zero-order chi connectivity index (χ0) is 23.1. The molecule has 2 atom stereocenters. The summed E-state index contributed by atoms with van der Waals surface area (Å²) in [5.74, 6) is -2.10. The van der Waals surface area contributed by atoms with Gasteiger partial charge in [-0.3, -0.25) is 4.79 Å². The Morgan fingerprint density at radius 2 is 1.71 bits per heavy atom. The molecule has 1 amide bonds. The van der Waals surface area contributed by atoms with Gasteiger partial charge in [-0.25, -0.2) is 9.37 Å². The smallest absolute Gasteiger partial charge is 0.390 e. The molecule has 1 aliphatic heterocycles. The molecule has 1 aliphatic rings. The second-order valence-electron chi connectivity index (χ2n) is 6.96. The van der Waals surface area contributed by atoms with E-state index in [9.17, 15) is 40.6 Å². The van der Waals surface area contributed by atoms with Crippen LogP contribution in [0.3, 0.4) is 0 Å². The number of carbonyl (C=O) groups is 1. The number of nitrogens with zero attached hydrogens (tertiary/aromatic N) is 3. The van der Waals surface area contributed by atoms with Crippen LogP contribution >= 0.6 is 0 Å². The van der Waals surface area contributed by atoms with Gasteiger partial charge >= 0.3 is 12.4 Å². The number of rotatable bonds is 3. The molecule has 1 N–H and O–H groups in total. The van der Waals surface area contributed by atoms with E-state index in [1.165, 1.54) is 19.2 Å². The molecule has 2 heterocycles. The van der Waals surface area contributed by atoms with Gasteiger partial charge in [0, 0.05) is 19.3 Å². The van der Waals surface area contributed by atoms with E-state index < -0.39 is 53.3 Å². The van der Waals surface area contributed by atoms with Gasteiger partial charge in [0.2, 0.25) is 0 Å². The fourth-order valence-electron chi connectivity index (χ4n) is 3.29. The maximum Gasteiger partial charge on any atom is 0.433 e. The summed E-state index contributed by atoms with van der Waals surface area (Å²) >= 11 is 0. The Bertz CT molecular complexity index is 928. The number of benzene rings is 1. The molecule has 1 fully saturated rings. The fraction of sp³-hybridized carbons (Fsp3) is 0.368. The van der Waals surface area contributed by atoms with Gasteiger partial charge in [-0.1, -0.05) is 0 Å². The molecule has 0 spiro atoms. The molecule has 1 aromatic carbocycles. The lowest BCUT2D eigenvalue weighted by atomic mass is 10.1. The highest BCUT2D eigenvalue weighted by atomic mass is 19.4. The maximum absolute atomic E-state index is 13.2. The average molecular weight is 451 g/mol. The van der Waals surface area contributed by atoms with Gasteiger partial charge < -0.3 is 14.9 Å². The van der Waals surface area contributed by atoms with Gasteiger partial charge in [-0.05, 0) is 42.8 Å². The summed E-state index contributed by atoms with van der Waals surface area (Å²) in [6, 6.07) is 3.50. The highest BCUT2D eigenvalue weighted by molar-refractivity contribution is 5.99. The normalized spacial score (nSPS) is 19.6. The average Bonchev–Trinajstić information content (AvgIpc) is 3.07. The second kappa shape index (κ2) is 7.98. The maximum atomic E-state index is 13.2. The lowest BCUT2D eigenvalue weighted by Gasteiger charge is -2.30. The summed E-state index contributed by atoms with van der Waals surface area (Å²) in [7, 11) is 1.29. The van der Waals surface area contributed by atoms with Crippen molar-refractivity contribution in [1.29, 1.82) is 0 Å². The van der Waals surface area contributed by atoms with Crippen LogP contribution in [0.15, 0.2) is 36.4 Å². The van der Waals surface area contributed by atoms with Crippen molar-refractivity contribution in [3.8, 4) is 0 Å². The van der Waals surface area contributed by atoms with E-state index in [1.54, 1.807) is 0 Å². The number of amides is 1. The third kappa shape index (κ3) is 4.73. The van der Waals surface area contributed by atoms with Gasteiger partial charge in [0.15, 0.2) is 0 Å². The minimum Gasteiger partial charge on any atom is -0.390 e. The number of aliphatic hydroxyl groups is 1. The molecule has 0 saturated carbocycles. The summed E-state index contributed by atoms with van der Waals surface area (Å²) in [6.45, 7) is -0.194. The number of pyridine rings is 1. The van der Waals surface area contributed by atoms with Gasteiger partial charge in [-0.2, -0.15) is 26.3 Å². The Morgan fingerprint density at radius 1 is 1.10 bits per heavy atom. The second-order valence-corrected chi connectivity index (χ2v) is 6.96. The first-order valence-electron chi connectivity index (χ1n) is 8.93. The van der Waals surface area contributed by atoms with Crippen LogP contribution in [0.25, 0.3) is 0 Å². The van der Waals surface area contributed by atoms with E-state index >= 15 is 0 Å². The lowest BCUT2D eigenvalue weighted by molar-refractivity contribution is -0.145. The summed E-state index contributed by atoms with van der Waals surface area (Å²) < 4.78 is 92.0. The Labute approximate surface area is 171 Å². The molecule has 1 aromatic heterocycles. The number of aromatic nitrogens is 1.